The molecule has 0 saturated carbocycles. The molecule has 0 saturated heterocycles. The first-order chi connectivity index (χ1) is 8.13. The van der Waals surface area contributed by atoms with Crippen molar-refractivity contribution in [1.29, 1.82) is 0 Å². The molecule has 0 aliphatic carbocycles. The SMILES string of the molecule is CCOC(=O)c1ccc(NCCC(C)C)nc1. The number of anilines is 1. The summed E-state index contributed by atoms with van der Waals surface area (Å²) in [6.45, 7) is 7.42. The van der Waals surface area contributed by atoms with Crippen LogP contribution in [-0.4, -0.2) is 24.1 Å². The summed E-state index contributed by atoms with van der Waals surface area (Å²) in [5.74, 6) is 1.13. The van der Waals surface area contributed by atoms with Gasteiger partial charge in [-0.05, 0) is 31.4 Å². The second-order valence-electron chi connectivity index (χ2n) is 4.26. The molecule has 0 atom stereocenters. The Kier molecular flexibility index (Phi) is 5.46. The van der Waals surface area contributed by atoms with Crippen LogP contribution in [0, 0.1) is 5.92 Å². The minimum atomic E-state index is -0.325. The number of ether oxygens (including phenoxy) is 1. The average molecular weight is 236 g/mol. The third-order valence-corrected chi connectivity index (χ3v) is 2.30. The number of hydrogen-bond acceptors (Lipinski definition) is 4. The van der Waals surface area contributed by atoms with Crippen molar-refractivity contribution in [1.82, 2.24) is 4.98 Å². The minimum absolute atomic E-state index is 0.325. The van der Waals surface area contributed by atoms with Gasteiger partial charge in [0, 0.05) is 12.7 Å². The largest absolute Gasteiger partial charge is 0.462 e. The van der Waals surface area contributed by atoms with E-state index < -0.39 is 0 Å². The molecule has 4 heteroatoms. The highest BCUT2D eigenvalue weighted by Crippen LogP contribution is 2.07. The molecule has 0 aliphatic heterocycles. The third kappa shape index (κ3) is 4.85. The summed E-state index contributed by atoms with van der Waals surface area (Å²) in [7, 11) is 0. The summed E-state index contributed by atoms with van der Waals surface area (Å²) in [6, 6.07) is 3.52. The fourth-order valence-electron chi connectivity index (χ4n) is 1.32. The summed E-state index contributed by atoms with van der Waals surface area (Å²) in [5, 5.41) is 3.21. The third-order valence-electron chi connectivity index (χ3n) is 2.30. The van der Waals surface area contributed by atoms with Crippen LogP contribution in [0.1, 0.15) is 37.6 Å². The van der Waals surface area contributed by atoms with E-state index in [9.17, 15) is 4.79 Å². The first-order valence-electron chi connectivity index (χ1n) is 6.00. The van der Waals surface area contributed by atoms with E-state index in [4.69, 9.17) is 4.74 Å². The van der Waals surface area contributed by atoms with Crippen molar-refractivity contribution in [3.05, 3.63) is 23.9 Å². The molecule has 0 radical (unpaired) electrons. The number of nitrogens with zero attached hydrogens (tertiary/aromatic N) is 1. The minimum Gasteiger partial charge on any atom is -0.462 e. The molecule has 0 unspecified atom stereocenters. The van der Waals surface area contributed by atoms with Gasteiger partial charge in [0.05, 0.1) is 12.2 Å². The van der Waals surface area contributed by atoms with Gasteiger partial charge in [0.2, 0.25) is 0 Å². The number of aromatic nitrogens is 1. The molecular weight excluding hydrogens is 216 g/mol. The monoisotopic (exact) mass is 236 g/mol. The molecule has 1 N–H and O–H groups in total. The van der Waals surface area contributed by atoms with Crippen LogP contribution in [0.3, 0.4) is 0 Å². The topological polar surface area (TPSA) is 51.2 Å². The fourth-order valence-corrected chi connectivity index (χ4v) is 1.32. The maximum Gasteiger partial charge on any atom is 0.339 e. The van der Waals surface area contributed by atoms with E-state index >= 15 is 0 Å². The molecule has 0 aliphatic rings. The van der Waals surface area contributed by atoms with Gasteiger partial charge in [-0.25, -0.2) is 9.78 Å². The zero-order chi connectivity index (χ0) is 12.7. The summed E-state index contributed by atoms with van der Waals surface area (Å²) in [4.78, 5) is 15.5. The maximum absolute atomic E-state index is 11.4. The van der Waals surface area contributed by atoms with Gasteiger partial charge in [0.1, 0.15) is 5.82 Å². The Morgan fingerprint density at radius 2 is 2.24 bits per heavy atom. The highest BCUT2D eigenvalue weighted by Gasteiger charge is 2.06. The molecule has 4 nitrogen and oxygen atoms in total. The fraction of sp³-hybridized carbons (Fsp3) is 0.538. The molecule has 0 spiro atoms. The smallest absolute Gasteiger partial charge is 0.339 e. The van der Waals surface area contributed by atoms with E-state index in [1.54, 1.807) is 19.1 Å². The van der Waals surface area contributed by atoms with Gasteiger partial charge in [-0.15, -0.1) is 0 Å². The molecular formula is C13H20N2O2. The van der Waals surface area contributed by atoms with Crippen LogP contribution in [0.4, 0.5) is 5.82 Å². The van der Waals surface area contributed by atoms with E-state index in [0.717, 1.165) is 18.8 Å². The van der Waals surface area contributed by atoms with Crippen molar-refractivity contribution < 1.29 is 9.53 Å². The quantitative estimate of drug-likeness (QED) is 0.771. The number of carbonyl (C=O) groups is 1. The predicted molar refractivity (Wildman–Crippen MR) is 68.1 cm³/mol. The molecule has 1 aromatic heterocycles. The summed E-state index contributed by atoms with van der Waals surface area (Å²) in [6.07, 6.45) is 2.64. The van der Waals surface area contributed by atoms with Crippen LogP contribution in [0.25, 0.3) is 0 Å². The van der Waals surface area contributed by atoms with Crippen LogP contribution in [0.5, 0.6) is 0 Å². The van der Waals surface area contributed by atoms with Crippen molar-refractivity contribution in [2.45, 2.75) is 27.2 Å². The Morgan fingerprint density at radius 3 is 2.76 bits per heavy atom. The molecule has 0 fully saturated rings. The molecule has 0 bridgehead atoms. The normalized spacial score (nSPS) is 10.4. The Labute approximate surface area is 102 Å². The van der Waals surface area contributed by atoms with Gasteiger partial charge < -0.3 is 10.1 Å². The van der Waals surface area contributed by atoms with Gasteiger partial charge in [0.25, 0.3) is 0 Å². The summed E-state index contributed by atoms with van der Waals surface area (Å²) >= 11 is 0. The van der Waals surface area contributed by atoms with Gasteiger partial charge in [-0.1, -0.05) is 13.8 Å². The lowest BCUT2D eigenvalue weighted by Gasteiger charge is -2.08. The second kappa shape index (κ2) is 6.89. The maximum atomic E-state index is 11.4. The summed E-state index contributed by atoms with van der Waals surface area (Å²) in [5.41, 5.74) is 0.487. The van der Waals surface area contributed by atoms with Gasteiger partial charge >= 0.3 is 5.97 Å². The Morgan fingerprint density at radius 1 is 1.47 bits per heavy atom. The van der Waals surface area contributed by atoms with Gasteiger partial charge in [-0.3, -0.25) is 0 Å². The summed E-state index contributed by atoms with van der Waals surface area (Å²) < 4.78 is 4.88. The predicted octanol–water partition coefficient (Wildman–Crippen LogP) is 2.72. The van der Waals surface area contributed by atoms with Crippen molar-refractivity contribution in [3.63, 3.8) is 0 Å². The lowest BCUT2D eigenvalue weighted by Crippen LogP contribution is -2.08. The molecule has 0 aromatic carbocycles. The Balaban J connectivity index is 2.47. The molecule has 1 heterocycles. The van der Waals surface area contributed by atoms with Crippen LogP contribution < -0.4 is 5.32 Å². The van der Waals surface area contributed by atoms with Crippen molar-refractivity contribution >= 4 is 11.8 Å². The zero-order valence-electron chi connectivity index (χ0n) is 10.7. The van der Waals surface area contributed by atoms with Gasteiger partial charge in [0.15, 0.2) is 0 Å². The number of nitrogens with one attached hydrogen (secondary N) is 1. The Hall–Kier alpha value is -1.58. The van der Waals surface area contributed by atoms with Crippen molar-refractivity contribution in [2.24, 2.45) is 5.92 Å². The van der Waals surface area contributed by atoms with E-state index in [1.807, 2.05) is 0 Å². The molecule has 0 amide bonds. The molecule has 1 rings (SSSR count). The standard InChI is InChI=1S/C13H20N2O2/c1-4-17-13(16)11-5-6-12(15-9-11)14-8-7-10(2)3/h5-6,9-10H,4,7-8H2,1-3H3,(H,14,15). The Bertz CT molecular complexity index is 347. The second-order valence-corrected chi connectivity index (χ2v) is 4.26. The molecule has 1 aromatic rings. The molecule has 17 heavy (non-hydrogen) atoms. The van der Waals surface area contributed by atoms with Crippen LogP contribution in [0.15, 0.2) is 18.3 Å². The lowest BCUT2D eigenvalue weighted by molar-refractivity contribution is 0.0526. The van der Waals surface area contributed by atoms with Gasteiger partial charge in [-0.2, -0.15) is 0 Å². The van der Waals surface area contributed by atoms with E-state index in [0.29, 0.717) is 18.1 Å². The number of hydrogen-bond donors (Lipinski definition) is 1. The van der Waals surface area contributed by atoms with Crippen molar-refractivity contribution in [2.75, 3.05) is 18.5 Å². The molecule has 94 valence electrons. The first-order valence-corrected chi connectivity index (χ1v) is 6.00. The number of rotatable bonds is 6. The highest BCUT2D eigenvalue weighted by molar-refractivity contribution is 5.89. The van der Waals surface area contributed by atoms with Crippen molar-refractivity contribution in [3.8, 4) is 0 Å². The van der Waals surface area contributed by atoms with E-state index in [2.05, 4.69) is 24.1 Å². The lowest BCUT2D eigenvalue weighted by atomic mass is 10.1. The van der Waals surface area contributed by atoms with Crippen LogP contribution in [0.2, 0.25) is 0 Å². The van der Waals surface area contributed by atoms with Crippen LogP contribution in [-0.2, 0) is 4.74 Å². The number of carbonyl (C=O) groups excluding carboxylic acids is 1. The number of pyridine rings is 1. The van der Waals surface area contributed by atoms with E-state index in [1.165, 1.54) is 6.20 Å². The van der Waals surface area contributed by atoms with E-state index in [-0.39, 0.29) is 5.97 Å². The first kappa shape index (κ1) is 13.5. The number of esters is 1. The zero-order valence-corrected chi connectivity index (χ0v) is 10.7. The highest BCUT2D eigenvalue weighted by atomic mass is 16.5. The average Bonchev–Trinajstić information content (AvgIpc) is 2.30. The van der Waals surface area contributed by atoms with Crippen LogP contribution >= 0.6 is 0 Å².